The Morgan fingerprint density at radius 1 is 1.06 bits per heavy atom. The molecular weight excluding hydrogens is 408 g/mol. The number of pyridine rings is 1. The number of aromatic amines is 1. The van der Waals surface area contributed by atoms with E-state index in [-0.39, 0.29) is 17.4 Å². The van der Waals surface area contributed by atoms with Gasteiger partial charge in [-0.1, -0.05) is 0 Å². The van der Waals surface area contributed by atoms with Crippen LogP contribution in [0, 0.1) is 5.92 Å². The molecule has 5 rings (SSSR count). The fourth-order valence-electron chi connectivity index (χ4n) is 4.33. The highest BCUT2D eigenvalue weighted by atomic mass is 16.6. The molecular formula is C24H26N4O4. The van der Waals surface area contributed by atoms with E-state index in [9.17, 15) is 9.59 Å². The van der Waals surface area contributed by atoms with Gasteiger partial charge in [0.25, 0.3) is 5.56 Å². The topological polar surface area (TPSA) is 110 Å². The lowest BCUT2D eigenvalue weighted by Gasteiger charge is -2.32. The first-order valence-electron chi connectivity index (χ1n) is 10.9. The number of carbonyl (C=O) groups excluding carboxylic acids is 1. The van der Waals surface area contributed by atoms with Gasteiger partial charge in [0.1, 0.15) is 13.2 Å². The minimum Gasteiger partial charge on any atom is -0.486 e. The lowest BCUT2D eigenvalue weighted by atomic mass is 9.96. The maximum absolute atomic E-state index is 12.6. The van der Waals surface area contributed by atoms with Crippen LogP contribution in [0.25, 0.3) is 10.9 Å². The van der Waals surface area contributed by atoms with E-state index >= 15 is 0 Å². The Balaban J connectivity index is 1.26. The molecule has 2 aliphatic heterocycles. The van der Waals surface area contributed by atoms with Crippen LogP contribution in [0.1, 0.15) is 18.4 Å². The Labute approximate surface area is 185 Å². The van der Waals surface area contributed by atoms with Crippen LogP contribution in [-0.2, 0) is 11.3 Å². The molecule has 0 bridgehead atoms. The third-order valence-corrected chi connectivity index (χ3v) is 6.20. The standard InChI is InChI=1S/C24H26N4O4/c25-23(29)15-5-7-28(8-6-15)19-3-1-18(2-4-19)26-14-17-11-16-12-21-22(32-10-9-31-21)13-20(16)27-24(17)30/h1-4,11-13,15,26H,5-10,14H2,(H2,25,29)(H,27,30). The molecule has 1 aromatic heterocycles. The average Bonchev–Trinajstić information content (AvgIpc) is 2.82. The number of carbonyl (C=O) groups is 1. The van der Waals surface area contributed by atoms with Crippen molar-refractivity contribution in [1.82, 2.24) is 4.98 Å². The summed E-state index contributed by atoms with van der Waals surface area (Å²) in [6.45, 7) is 3.09. The first-order valence-corrected chi connectivity index (χ1v) is 10.9. The number of piperidine rings is 1. The van der Waals surface area contributed by atoms with Crippen molar-refractivity contribution < 1.29 is 14.3 Å². The minimum absolute atomic E-state index is 0.0168. The highest BCUT2D eigenvalue weighted by molar-refractivity contribution is 5.83. The van der Waals surface area contributed by atoms with Crippen molar-refractivity contribution in [2.75, 3.05) is 36.5 Å². The molecule has 8 heteroatoms. The molecule has 4 N–H and O–H groups in total. The summed E-state index contributed by atoms with van der Waals surface area (Å²) >= 11 is 0. The number of H-pyrrole nitrogens is 1. The van der Waals surface area contributed by atoms with Gasteiger partial charge in [0.2, 0.25) is 5.91 Å². The van der Waals surface area contributed by atoms with Crippen molar-refractivity contribution in [2.45, 2.75) is 19.4 Å². The van der Waals surface area contributed by atoms with Crippen molar-refractivity contribution in [2.24, 2.45) is 11.7 Å². The summed E-state index contributed by atoms with van der Waals surface area (Å²) in [4.78, 5) is 29.1. The van der Waals surface area contributed by atoms with Gasteiger partial charge in [0, 0.05) is 53.9 Å². The normalized spacial score (nSPS) is 16.2. The van der Waals surface area contributed by atoms with Crippen LogP contribution in [0.15, 0.2) is 47.3 Å². The Morgan fingerprint density at radius 2 is 1.75 bits per heavy atom. The van der Waals surface area contributed by atoms with E-state index in [0.29, 0.717) is 36.8 Å². The van der Waals surface area contributed by atoms with Crippen LogP contribution in [-0.4, -0.2) is 37.2 Å². The largest absolute Gasteiger partial charge is 0.486 e. The summed E-state index contributed by atoms with van der Waals surface area (Å²) < 4.78 is 11.2. The quantitative estimate of drug-likeness (QED) is 0.570. The first kappa shape index (κ1) is 20.2. The maximum Gasteiger partial charge on any atom is 0.253 e. The van der Waals surface area contributed by atoms with Gasteiger partial charge >= 0.3 is 0 Å². The first-order chi connectivity index (χ1) is 15.6. The highest BCUT2D eigenvalue weighted by Gasteiger charge is 2.23. The van der Waals surface area contributed by atoms with Gasteiger partial charge in [-0.05, 0) is 49.2 Å². The highest BCUT2D eigenvalue weighted by Crippen LogP contribution is 2.33. The van der Waals surface area contributed by atoms with Crippen molar-refractivity contribution in [3.05, 3.63) is 58.4 Å². The summed E-state index contributed by atoms with van der Waals surface area (Å²) in [7, 11) is 0. The van der Waals surface area contributed by atoms with Crippen molar-refractivity contribution in [1.29, 1.82) is 0 Å². The van der Waals surface area contributed by atoms with Crippen LogP contribution < -0.4 is 31.0 Å². The van der Waals surface area contributed by atoms with E-state index in [1.165, 1.54) is 0 Å². The zero-order valence-electron chi connectivity index (χ0n) is 17.7. The molecule has 8 nitrogen and oxygen atoms in total. The Kier molecular flexibility index (Phi) is 5.34. The molecule has 166 valence electrons. The van der Waals surface area contributed by atoms with E-state index in [4.69, 9.17) is 15.2 Å². The predicted molar refractivity (Wildman–Crippen MR) is 123 cm³/mol. The number of hydrogen-bond donors (Lipinski definition) is 3. The van der Waals surface area contributed by atoms with Gasteiger partial charge in [0.15, 0.2) is 11.5 Å². The van der Waals surface area contributed by atoms with Gasteiger partial charge < -0.3 is 30.4 Å². The fraction of sp³-hybridized carbons (Fsp3) is 0.333. The van der Waals surface area contributed by atoms with Gasteiger partial charge in [0.05, 0.1) is 5.52 Å². The summed E-state index contributed by atoms with van der Waals surface area (Å²) in [5.41, 5.74) is 8.72. The van der Waals surface area contributed by atoms with Gasteiger partial charge in [-0.15, -0.1) is 0 Å². The Hall–Kier alpha value is -3.68. The second-order valence-corrected chi connectivity index (χ2v) is 8.27. The number of primary amides is 1. The second-order valence-electron chi connectivity index (χ2n) is 8.27. The Bertz CT molecular complexity index is 1200. The number of anilines is 2. The maximum atomic E-state index is 12.6. The van der Waals surface area contributed by atoms with Crippen molar-refractivity contribution in [3.63, 3.8) is 0 Å². The second kappa shape index (κ2) is 8.45. The molecule has 1 saturated heterocycles. The van der Waals surface area contributed by atoms with Crippen molar-refractivity contribution >= 4 is 28.2 Å². The van der Waals surface area contributed by atoms with E-state index < -0.39 is 0 Å². The number of ether oxygens (including phenoxy) is 2. The number of aromatic nitrogens is 1. The molecule has 1 fully saturated rings. The zero-order chi connectivity index (χ0) is 22.1. The number of benzene rings is 2. The molecule has 1 amide bonds. The lowest BCUT2D eigenvalue weighted by Crippen LogP contribution is -2.38. The van der Waals surface area contributed by atoms with Gasteiger partial charge in [-0.3, -0.25) is 9.59 Å². The van der Waals surface area contributed by atoms with Crippen LogP contribution in [0.2, 0.25) is 0 Å². The molecule has 0 saturated carbocycles. The minimum atomic E-state index is -0.200. The van der Waals surface area contributed by atoms with E-state index in [0.717, 1.165) is 48.2 Å². The van der Waals surface area contributed by atoms with E-state index in [1.807, 2.05) is 30.3 Å². The molecule has 0 unspecified atom stereocenters. The van der Waals surface area contributed by atoms with Crippen LogP contribution in [0.3, 0.4) is 0 Å². The number of nitrogens with one attached hydrogen (secondary N) is 2. The summed E-state index contributed by atoms with van der Waals surface area (Å²) in [6.07, 6.45) is 1.58. The SMILES string of the molecule is NC(=O)C1CCN(c2ccc(NCc3cc4cc5c(cc4[nH]c3=O)OCCO5)cc2)CC1. The summed E-state index contributed by atoms with van der Waals surface area (Å²) in [5.74, 6) is 1.14. The summed E-state index contributed by atoms with van der Waals surface area (Å²) in [6, 6.07) is 13.7. The molecule has 3 heterocycles. The molecule has 0 spiro atoms. The van der Waals surface area contributed by atoms with Crippen LogP contribution in [0.4, 0.5) is 11.4 Å². The van der Waals surface area contributed by atoms with Crippen LogP contribution in [0.5, 0.6) is 11.5 Å². The monoisotopic (exact) mass is 434 g/mol. The molecule has 0 atom stereocenters. The average molecular weight is 434 g/mol. The third-order valence-electron chi connectivity index (χ3n) is 6.20. The number of fused-ring (bicyclic) bond motifs is 2. The smallest absolute Gasteiger partial charge is 0.253 e. The van der Waals surface area contributed by atoms with Gasteiger partial charge in [-0.25, -0.2) is 0 Å². The van der Waals surface area contributed by atoms with Gasteiger partial charge in [-0.2, -0.15) is 0 Å². The van der Waals surface area contributed by atoms with Crippen molar-refractivity contribution in [3.8, 4) is 11.5 Å². The zero-order valence-corrected chi connectivity index (χ0v) is 17.7. The molecule has 3 aromatic rings. The predicted octanol–water partition coefficient (Wildman–Crippen LogP) is 2.61. The number of nitrogens with zero attached hydrogens (tertiary/aromatic N) is 1. The van der Waals surface area contributed by atoms with E-state index in [2.05, 4.69) is 27.3 Å². The Morgan fingerprint density at radius 3 is 2.44 bits per heavy atom. The third kappa shape index (κ3) is 4.08. The number of amides is 1. The molecule has 0 radical (unpaired) electrons. The molecule has 0 aliphatic carbocycles. The number of rotatable bonds is 5. The molecule has 32 heavy (non-hydrogen) atoms. The number of hydrogen-bond acceptors (Lipinski definition) is 6. The van der Waals surface area contributed by atoms with Crippen LogP contribution >= 0.6 is 0 Å². The lowest BCUT2D eigenvalue weighted by molar-refractivity contribution is -0.122. The molecule has 2 aliphatic rings. The summed E-state index contributed by atoms with van der Waals surface area (Å²) in [5, 5.41) is 4.23. The molecule has 2 aromatic carbocycles. The van der Waals surface area contributed by atoms with E-state index in [1.54, 1.807) is 0 Å². The number of nitrogens with two attached hydrogens (primary N) is 1. The fourth-order valence-corrected chi connectivity index (χ4v) is 4.33.